The third-order valence-electron chi connectivity index (χ3n) is 4.86. The largest absolute Gasteiger partial charge is 0.397 e. The Morgan fingerprint density at radius 2 is 2.31 bits per heavy atom. The average molecular weight is 367 g/mol. The van der Waals surface area contributed by atoms with E-state index in [4.69, 9.17) is 10.7 Å². The summed E-state index contributed by atoms with van der Waals surface area (Å²) in [5.41, 5.74) is 8.91. The predicted molar refractivity (Wildman–Crippen MR) is 104 cm³/mol. The number of pyridine rings is 2. The minimum absolute atomic E-state index is 0.161. The van der Waals surface area contributed by atoms with E-state index in [2.05, 4.69) is 21.3 Å². The van der Waals surface area contributed by atoms with Crippen LogP contribution in [0, 0.1) is 0 Å². The number of anilines is 1. The zero-order chi connectivity index (χ0) is 18.1. The molecule has 6 nitrogen and oxygen atoms in total. The van der Waals surface area contributed by atoms with Crippen molar-refractivity contribution in [2.24, 2.45) is 0 Å². The number of carbonyl (C=O) groups excluding carboxylic acids is 1. The van der Waals surface area contributed by atoms with Crippen molar-refractivity contribution in [3.05, 3.63) is 52.8 Å². The van der Waals surface area contributed by atoms with Crippen LogP contribution in [0.3, 0.4) is 0 Å². The number of hydrogen-bond donors (Lipinski definition) is 2. The van der Waals surface area contributed by atoms with Crippen LogP contribution in [0.2, 0.25) is 0 Å². The molecule has 1 saturated heterocycles. The van der Waals surface area contributed by atoms with Gasteiger partial charge in [0.2, 0.25) is 0 Å². The van der Waals surface area contributed by atoms with E-state index in [0.29, 0.717) is 10.6 Å². The highest BCUT2D eigenvalue weighted by atomic mass is 32.1. The Balaban J connectivity index is 1.64. The molecule has 0 bridgehead atoms. The van der Waals surface area contributed by atoms with Crippen molar-refractivity contribution in [1.82, 2.24) is 20.2 Å². The summed E-state index contributed by atoms with van der Waals surface area (Å²) in [4.78, 5) is 24.8. The fourth-order valence-electron chi connectivity index (χ4n) is 3.56. The molecule has 3 N–H and O–H groups in total. The van der Waals surface area contributed by atoms with Crippen molar-refractivity contribution in [1.29, 1.82) is 0 Å². The van der Waals surface area contributed by atoms with Crippen molar-refractivity contribution < 1.29 is 4.79 Å². The number of nitrogens with two attached hydrogens (primary N) is 1. The Labute approximate surface area is 156 Å². The standard InChI is InChI=1S/C19H21N5OS/c1-21-18(25)17-16(20)13-6-7-14(23-19(13)26-17)15-5-3-9-24(15)11-12-4-2-8-22-10-12/h2,4,6-8,10,15H,3,5,9,11,20H2,1H3,(H,21,25)/t15-/m0/s1. The summed E-state index contributed by atoms with van der Waals surface area (Å²) in [7, 11) is 1.61. The molecule has 1 fully saturated rings. The van der Waals surface area contributed by atoms with Gasteiger partial charge >= 0.3 is 0 Å². The Hall–Kier alpha value is -2.51. The first-order valence-corrected chi connectivity index (χ1v) is 9.53. The van der Waals surface area contributed by atoms with Gasteiger partial charge in [0.25, 0.3) is 5.91 Å². The molecule has 4 rings (SSSR count). The van der Waals surface area contributed by atoms with E-state index in [0.717, 1.165) is 41.8 Å². The number of nitrogens with one attached hydrogen (secondary N) is 1. The van der Waals surface area contributed by atoms with E-state index in [1.807, 2.05) is 24.4 Å². The average Bonchev–Trinajstić information content (AvgIpc) is 3.26. The zero-order valence-corrected chi connectivity index (χ0v) is 15.4. The molecule has 0 unspecified atom stereocenters. The summed E-state index contributed by atoms with van der Waals surface area (Å²) < 4.78 is 0. The molecule has 0 saturated carbocycles. The Morgan fingerprint density at radius 1 is 1.42 bits per heavy atom. The Morgan fingerprint density at radius 3 is 3.08 bits per heavy atom. The van der Waals surface area contributed by atoms with E-state index in [1.54, 1.807) is 13.2 Å². The van der Waals surface area contributed by atoms with Gasteiger partial charge in [-0.15, -0.1) is 11.3 Å². The first kappa shape index (κ1) is 16.9. The second-order valence-electron chi connectivity index (χ2n) is 6.50. The number of nitrogens with zero attached hydrogens (tertiary/aromatic N) is 3. The van der Waals surface area contributed by atoms with Crippen LogP contribution in [0.1, 0.15) is 39.8 Å². The van der Waals surface area contributed by atoms with Crippen LogP contribution in [-0.4, -0.2) is 34.4 Å². The summed E-state index contributed by atoms with van der Waals surface area (Å²) in [6.45, 7) is 1.92. The summed E-state index contributed by atoms with van der Waals surface area (Å²) >= 11 is 1.36. The lowest BCUT2D eigenvalue weighted by molar-refractivity contribution is 0.0968. The number of carbonyl (C=O) groups is 1. The molecule has 3 aromatic rings. The molecule has 1 aliphatic heterocycles. The number of nitrogen functional groups attached to an aromatic ring is 1. The SMILES string of the molecule is CNC(=O)c1sc2nc([C@@H]3CCCN3Cc3cccnc3)ccc2c1N. The molecule has 0 spiro atoms. The third kappa shape index (κ3) is 3.04. The fraction of sp³-hybridized carbons (Fsp3) is 0.316. The molecule has 0 radical (unpaired) electrons. The number of thiophene rings is 1. The van der Waals surface area contributed by atoms with Crippen LogP contribution in [-0.2, 0) is 6.54 Å². The summed E-state index contributed by atoms with van der Waals surface area (Å²) in [5.74, 6) is -0.161. The molecule has 7 heteroatoms. The van der Waals surface area contributed by atoms with Crippen molar-refractivity contribution in [3.8, 4) is 0 Å². The highest BCUT2D eigenvalue weighted by molar-refractivity contribution is 7.21. The maximum absolute atomic E-state index is 12.0. The quantitative estimate of drug-likeness (QED) is 0.741. The first-order chi connectivity index (χ1) is 12.7. The number of hydrogen-bond acceptors (Lipinski definition) is 6. The number of amides is 1. The molecule has 1 amide bonds. The minimum Gasteiger partial charge on any atom is -0.397 e. The van der Waals surface area contributed by atoms with Crippen molar-refractivity contribution in [3.63, 3.8) is 0 Å². The van der Waals surface area contributed by atoms with Gasteiger partial charge in [0.1, 0.15) is 9.71 Å². The molecular formula is C19H21N5OS. The molecular weight excluding hydrogens is 346 g/mol. The Kier molecular flexibility index (Phi) is 4.57. The van der Waals surface area contributed by atoms with Gasteiger partial charge in [-0.2, -0.15) is 0 Å². The molecule has 134 valence electrons. The van der Waals surface area contributed by atoms with Gasteiger partial charge in [-0.3, -0.25) is 14.7 Å². The maximum atomic E-state index is 12.0. The van der Waals surface area contributed by atoms with Crippen LogP contribution in [0.4, 0.5) is 5.69 Å². The molecule has 26 heavy (non-hydrogen) atoms. The van der Waals surface area contributed by atoms with Crippen molar-refractivity contribution in [2.45, 2.75) is 25.4 Å². The van der Waals surface area contributed by atoms with Crippen LogP contribution in [0.15, 0.2) is 36.7 Å². The molecule has 1 aliphatic rings. The fourth-order valence-corrected chi connectivity index (χ4v) is 4.60. The van der Waals surface area contributed by atoms with E-state index < -0.39 is 0 Å². The predicted octanol–water partition coefficient (Wildman–Crippen LogP) is 2.97. The van der Waals surface area contributed by atoms with Crippen LogP contribution in [0.5, 0.6) is 0 Å². The Bertz CT molecular complexity index is 940. The monoisotopic (exact) mass is 367 g/mol. The van der Waals surface area contributed by atoms with Gasteiger partial charge in [0.05, 0.1) is 17.4 Å². The number of aromatic nitrogens is 2. The second-order valence-corrected chi connectivity index (χ2v) is 7.50. The molecule has 0 aliphatic carbocycles. The van der Waals surface area contributed by atoms with Crippen LogP contribution in [0.25, 0.3) is 10.2 Å². The van der Waals surface area contributed by atoms with E-state index >= 15 is 0 Å². The molecule has 4 heterocycles. The lowest BCUT2D eigenvalue weighted by Crippen LogP contribution is -2.23. The zero-order valence-electron chi connectivity index (χ0n) is 14.6. The maximum Gasteiger partial charge on any atom is 0.263 e. The first-order valence-electron chi connectivity index (χ1n) is 8.71. The number of rotatable bonds is 4. The van der Waals surface area contributed by atoms with Gasteiger partial charge in [0, 0.05) is 31.4 Å². The van der Waals surface area contributed by atoms with E-state index in [1.165, 1.54) is 16.9 Å². The third-order valence-corrected chi connectivity index (χ3v) is 5.98. The molecule has 0 aromatic carbocycles. The number of likely N-dealkylation sites (tertiary alicyclic amines) is 1. The number of fused-ring (bicyclic) bond motifs is 1. The molecule has 3 aromatic heterocycles. The smallest absolute Gasteiger partial charge is 0.263 e. The lowest BCUT2D eigenvalue weighted by atomic mass is 10.1. The van der Waals surface area contributed by atoms with Gasteiger partial charge in [0.15, 0.2) is 0 Å². The summed E-state index contributed by atoms with van der Waals surface area (Å²) in [5, 5.41) is 3.49. The normalized spacial score (nSPS) is 17.7. The van der Waals surface area contributed by atoms with Gasteiger partial charge in [-0.1, -0.05) is 6.07 Å². The summed E-state index contributed by atoms with van der Waals surface area (Å²) in [6.07, 6.45) is 5.95. The van der Waals surface area contributed by atoms with Crippen LogP contribution >= 0.6 is 11.3 Å². The molecule has 1 atom stereocenters. The van der Waals surface area contributed by atoms with E-state index in [-0.39, 0.29) is 11.9 Å². The highest BCUT2D eigenvalue weighted by Gasteiger charge is 2.28. The van der Waals surface area contributed by atoms with Crippen LogP contribution < -0.4 is 11.1 Å². The minimum atomic E-state index is -0.161. The lowest BCUT2D eigenvalue weighted by Gasteiger charge is -2.24. The second kappa shape index (κ2) is 7.01. The van der Waals surface area contributed by atoms with Gasteiger partial charge in [-0.25, -0.2) is 4.98 Å². The van der Waals surface area contributed by atoms with E-state index in [9.17, 15) is 4.79 Å². The highest BCUT2D eigenvalue weighted by Crippen LogP contribution is 2.37. The van der Waals surface area contributed by atoms with Crippen molar-refractivity contribution >= 4 is 33.1 Å². The summed E-state index contributed by atoms with van der Waals surface area (Å²) in [6, 6.07) is 8.40. The van der Waals surface area contributed by atoms with Gasteiger partial charge < -0.3 is 11.1 Å². The topological polar surface area (TPSA) is 84.1 Å². The van der Waals surface area contributed by atoms with Gasteiger partial charge in [-0.05, 0) is 43.1 Å². The van der Waals surface area contributed by atoms with Crippen molar-refractivity contribution in [2.75, 3.05) is 19.3 Å².